The van der Waals surface area contributed by atoms with Crippen LogP contribution in [0.3, 0.4) is 0 Å². The number of carbonyl (C=O) groups is 1. The zero-order chi connectivity index (χ0) is 17.6. The van der Waals surface area contributed by atoms with Gasteiger partial charge >= 0.3 is 0 Å². The van der Waals surface area contributed by atoms with Gasteiger partial charge in [-0.05, 0) is 53.7 Å². The average molecular weight is 399 g/mol. The lowest BCUT2D eigenvalue weighted by Gasteiger charge is -2.38. The van der Waals surface area contributed by atoms with Crippen LogP contribution in [0, 0.1) is 6.92 Å². The molecule has 3 aromatic rings. The number of benzene rings is 1. The summed E-state index contributed by atoms with van der Waals surface area (Å²) in [6.07, 6.45) is 2.76. The van der Waals surface area contributed by atoms with E-state index in [1.54, 1.807) is 6.20 Å². The molecule has 1 N–H and O–H groups in total. The highest BCUT2D eigenvalue weighted by atomic mass is 79.9. The molecule has 25 heavy (non-hydrogen) atoms. The molecule has 6 heteroatoms. The van der Waals surface area contributed by atoms with Crippen LogP contribution in [0.5, 0.6) is 0 Å². The molecule has 1 fully saturated rings. The van der Waals surface area contributed by atoms with E-state index in [9.17, 15) is 4.79 Å². The molecule has 0 saturated carbocycles. The van der Waals surface area contributed by atoms with Crippen LogP contribution >= 0.6 is 15.9 Å². The normalized spacial score (nSPS) is 21.8. The number of halogens is 1. The van der Waals surface area contributed by atoms with Crippen molar-refractivity contribution >= 4 is 32.7 Å². The SMILES string of the molecule is Cc1cccnc1[C@@H]1CC(=O)C[C@H](c2nc3c(Br)cccc3[nH]2)N1C. The molecule has 0 aliphatic carbocycles. The molecule has 0 amide bonds. The van der Waals surface area contributed by atoms with Crippen molar-refractivity contribution in [1.29, 1.82) is 0 Å². The summed E-state index contributed by atoms with van der Waals surface area (Å²) in [7, 11) is 2.05. The number of ketones is 1. The quantitative estimate of drug-likeness (QED) is 0.705. The van der Waals surface area contributed by atoms with Crippen LogP contribution in [0.1, 0.15) is 42.0 Å². The van der Waals surface area contributed by atoms with Gasteiger partial charge < -0.3 is 4.98 Å². The molecule has 5 nitrogen and oxygen atoms in total. The Bertz CT molecular complexity index is 952. The fourth-order valence-corrected chi connectivity index (χ4v) is 4.07. The van der Waals surface area contributed by atoms with Crippen LogP contribution in [0.2, 0.25) is 0 Å². The minimum absolute atomic E-state index is 0.0240. The molecular weight excluding hydrogens is 380 g/mol. The lowest BCUT2D eigenvalue weighted by molar-refractivity contribution is -0.125. The number of imidazole rings is 1. The number of fused-ring (bicyclic) bond motifs is 1. The first kappa shape index (κ1) is 16.4. The standard InChI is InChI=1S/C19H19BrN4O/c1-11-5-4-8-21-17(11)15-9-12(25)10-16(24(15)2)19-22-14-7-3-6-13(20)18(14)23-19/h3-8,15-16H,9-10H2,1-2H3,(H,22,23)/t15-,16+/m0/s1. The second-order valence-corrected chi connectivity index (χ2v) is 7.46. The van der Waals surface area contributed by atoms with E-state index in [4.69, 9.17) is 4.98 Å². The molecule has 2 aromatic heterocycles. The number of aromatic nitrogens is 3. The zero-order valence-corrected chi connectivity index (χ0v) is 15.7. The van der Waals surface area contributed by atoms with Gasteiger partial charge in [-0.3, -0.25) is 14.7 Å². The molecule has 128 valence electrons. The van der Waals surface area contributed by atoms with E-state index in [0.717, 1.165) is 32.6 Å². The highest BCUT2D eigenvalue weighted by Crippen LogP contribution is 2.39. The Balaban J connectivity index is 1.74. The van der Waals surface area contributed by atoms with Crippen LogP contribution in [-0.4, -0.2) is 32.7 Å². The third-order valence-electron chi connectivity index (χ3n) is 4.99. The fourth-order valence-electron chi connectivity index (χ4n) is 3.62. The second kappa shape index (κ2) is 6.35. The largest absolute Gasteiger partial charge is 0.341 e. The van der Waals surface area contributed by atoms with Gasteiger partial charge in [0.25, 0.3) is 0 Å². The summed E-state index contributed by atoms with van der Waals surface area (Å²) < 4.78 is 0.953. The molecule has 4 rings (SSSR count). The van der Waals surface area contributed by atoms with E-state index in [1.807, 2.05) is 37.3 Å². The van der Waals surface area contributed by atoms with Crippen LogP contribution in [0.15, 0.2) is 41.0 Å². The van der Waals surface area contributed by atoms with Crippen molar-refractivity contribution < 1.29 is 4.79 Å². The van der Waals surface area contributed by atoms with Gasteiger partial charge in [0.2, 0.25) is 0 Å². The van der Waals surface area contributed by atoms with Crippen molar-refractivity contribution in [2.24, 2.45) is 0 Å². The van der Waals surface area contributed by atoms with Gasteiger partial charge in [0.05, 0.1) is 23.3 Å². The van der Waals surface area contributed by atoms with Crippen molar-refractivity contribution in [3.8, 4) is 0 Å². The number of piperidine rings is 1. The maximum Gasteiger partial charge on any atom is 0.136 e. The van der Waals surface area contributed by atoms with Crippen LogP contribution in [-0.2, 0) is 4.79 Å². The Morgan fingerprint density at radius 3 is 2.76 bits per heavy atom. The Hall–Kier alpha value is -2.05. The summed E-state index contributed by atoms with van der Waals surface area (Å²) in [5.41, 5.74) is 3.95. The Kier molecular flexibility index (Phi) is 4.17. The lowest BCUT2D eigenvalue weighted by Crippen LogP contribution is -2.38. The molecule has 3 heterocycles. The predicted molar refractivity (Wildman–Crippen MR) is 100 cm³/mol. The number of aryl methyl sites for hydroxylation is 1. The number of nitrogens with zero attached hydrogens (tertiary/aromatic N) is 3. The second-order valence-electron chi connectivity index (χ2n) is 6.61. The number of para-hydroxylation sites is 1. The van der Waals surface area contributed by atoms with Gasteiger partial charge in [-0.1, -0.05) is 12.1 Å². The lowest BCUT2D eigenvalue weighted by atomic mass is 9.91. The topological polar surface area (TPSA) is 61.9 Å². The highest BCUT2D eigenvalue weighted by Gasteiger charge is 2.36. The van der Waals surface area contributed by atoms with E-state index in [2.05, 4.69) is 37.8 Å². The molecule has 0 unspecified atom stereocenters. The summed E-state index contributed by atoms with van der Waals surface area (Å²) >= 11 is 3.55. The van der Waals surface area contributed by atoms with Gasteiger partial charge in [0, 0.05) is 23.5 Å². The molecular formula is C19H19BrN4O. The number of carbonyl (C=O) groups excluding carboxylic acids is 1. The number of H-pyrrole nitrogens is 1. The van der Waals surface area contributed by atoms with Crippen molar-refractivity contribution in [2.45, 2.75) is 31.8 Å². The van der Waals surface area contributed by atoms with Crippen LogP contribution in [0.4, 0.5) is 0 Å². The smallest absolute Gasteiger partial charge is 0.136 e. The molecule has 1 aromatic carbocycles. The molecule has 1 aliphatic heterocycles. The zero-order valence-electron chi connectivity index (χ0n) is 14.2. The number of likely N-dealkylation sites (tertiary alicyclic amines) is 1. The van der Waals surface area contributed by atoms with Crippen LogP contribution in [0.25, 0.3) is 11.0 Å². The van der Waals surface area contributed by atoms with Gasteiger partial charge in [-0.15, -0.1) is 0 Å². The third-order valence-corrected chi connectivity index (χ3v) is 5.63. The monoisotopic (exact) mass is 398 g/mol. The first-order valence-corrected chi connectivity index (χ1v) is 9.13. The van der Waals surface area contributed by atoms with E-state index < -0.39 is 0 Å². The minimum atomic E-state index is -0.0769. The Labute approximate surface area is 154 Å². The number of nitrogens with one attached hydrogen (secondary N) is 1. The first-order valence-electron chi connectivity index (χ1n) is 8.34. The maximum absolute atomic E-state index is 12.5. The number of hydrogen-bond donors (Lipinski definition) is 1. The summed E-state index contributed by atoms with van der Waals surface area (Å²) in [6.45, 7) is 2.04. The van der Waals surface area contributed by atoms with Gasteiger partial charge in [0.15, 0.2) is 0 Å². The Morgan fingerprint density at radius 2 is 2.00 bits per heavy atom. The van der Waals surface area contributed by atoms with E-state index in [0.29, 0.717) is 12.8 Å². The maximum atomic E-state index is 12.5. The molecule has 0 spiro atoms. The molecule has 2 atom stereocenters. The molecule has 1 saturated heterocycles. The number of Topliss-reactive ketones (excluding diaryl/α,β-unsaturated/α-hetero) is 1. The summed E-state index contributed by atoms with van der Waals surface area (Å²) in [4.78, 5) is 27.4. The minimum Gasteiger partial charge on any atom is -0.341 e. The van der Waals surface area contributed by atoms with Crippen molar-refractivity contribution in [1.82, 2.24) is 19.9 Å². The molecule has 0 radical (unpaired) electrons. The summed E-state index contributed by atoms with van der Waals surface area (Å²) in [5, 5.41) is 0. The van der Waals surface area contributed by atoms with Crippen molar-refractivity contribution in [3.63, 3.8) is 0 Å². The van der Waals surface area contributed by atoms with Crippen LogP contribution < -0.4 is 0 Å². The Morgan fingerprint density at radius 1 is 1.20 bits per heavy atom. The van der Waals surface area contributed by atoms with Gasteiger partial charge in [-0.25, -0.2) is 4.98 Å². The van der Waals surface area contributed by atoms with Crippen molar-refractivity contribution in [3.05, 3.63) is 58.1 Å². The van der Waals surface area contributed by atoms with Gasteiger partial charge in [0.1, 0.15) is 17.1 Å². The first-order chi connectivity index (χ1) is 12.0. The number of pyridine rings is 1. The molecule has 0 bridgehead atoms. The highest BCUT2D eigenvalue weighted by molar-refractivity contribution is 9.10. The fraction of sp³-hybridized carbons (Fsp3) is 0.316. The predicted octanol–water partition coefficient (Wildman–Crippen LogP) is 4.11. The number of rotatable bonds is 2. The summed E-state index contributed by atoms with van der Waals surface area (Å²) in [6, 6.07) is 9.82. The van der Waals surface area contributed by atoms with Crippen molar-refractivity contribution in [2.75, 3.05) is 7.05 Å². The third kappa shape index (κ3) is 2.89. The van der Waals surface area contributed by atoms with E-state index in [-0.39, 0.29) is 17.9 Å². The average Bonchev–Trinajstić information content (AvgIpc) is 3.03. The summed E-state index contributed by atoms with van der Waals surface area (Å²) in [5.74, 6) is 1.08. The van der Waals surface area contributed by atoms with E-state index in [1.165, 1.54) is 0 Å². The number of hydrogen-bond acceptors (Lipinski definition) is 4. The number of aromatic amines is 1. The van der Waals surface area contributed by atoms with Gasteiger partial charge in [-0.2, -0.15) is 0 Å². The van der Waals surface area contributed by atoms with E-state index >= 15 is 0 Å². The molecule has 1 aliphatic rings.